The zero-order valence-electron chi connectivity index (χ0n) is 15.8. The third-order valence-electron chi connectivity index (χ3n) is 6.12. The highest BCUT2D eigenvalue weighted by Crippen LogP contribution is 2.45. The van der Waals surface area contributed by atoms with Crippen molar-refractivity contribution in [2.75, 3.05) is 24.6 Å². The number of rotatable bonds is 2. The van der Waals surface area contributed by atoms with Gasteiger partial charge in [0.15, 0.2) is 11.6 Å². The second kappa shape index (κ2) is 5.93. The lowest BCUT2D eigenvalue weighted by atomic mass is 9.85. The number of hydrogen-bond donors (Lipinski definition) is 2. The second-order valence-corrected chi connectivity index (χ2v) is 8.02. The SMILES string of the molecule is C[C@H]1COc2c(N3CC4C=CC=CC4(N)C3)c(F)cc3c(=O)c(C(=O)O)cn1c23. The molecule has 2 unspecified atom stereocenters. The molecule has 0 radical (unpaired) electrons. The summed E-state index contributed by atoms with van der Waals surface area (Å²) in [6, 6.07) is 0.924. The minimum Gasteiger partial charge on any atom is -0.487 e. The molecule has 1 aromatic carbocycles. The number of carboxylic acids is 1. The number of carboxylic acid groups (broad SMARTS) is 1. The van der Waals surface area contributed by atoms with Crippen molar-refractivity contribution in [2.24, 2.45) is 11.7 Å². The van der Waals surface area contributed by atoms with E-state index in [0.717, 1.165) is 6.07 Å². The van der Waals surface area contributed by atoms with Crippen molar-refractivity contribution in [3.05, 3.63) is 58.2 Å². The van der Waals surface area contributed by atoms with Gasteiger partial charge < -0.3 is 25.0 Å². The minimum absolute atomic E-state index is 0.00608. The van der Waals surface area contributed by atoms with Gasteiger partial charge in [-0.15, -0.1) is 0 Å². The van der Waals surface area contributed by atoms with Gasteiger partial charge >= 0.3 is 5.97 Å². The first-order chi connectivity index (χ1) is 13.8. The van der Waals surface area contributed by atoms with E-state index < -0.39 is 22.8 Å². The molecule has 150 valence electrons. The first-order valence-electron chi connectivity index (χ1n) is 9.47. The lowest BCUT2D eigenvalue weighted by Crippen LogP contribution is -2.46. The van der Waals surface area contributed by atoms with Gasteiger partial charge in [0.2, 0.25) is 5.43 Å². The Balaban J connectivity index is 1.76. The van der Waals surface area contributed by atoms with E-state index >= 15 is 4.39 Å². The van der Waals surface area contributed by atoms with Gasteiger partial charge in [0, 0.05) is 25.2 Å². The van der Waals surface area contributed by atoms with E-state index in [1.807, 2.05) is 36.1 Å². The fourth-order valence-corrected chi connectivity index (χ4v) is 4.60. The Labute approximate surface area is 165 Å². The molecule has 7 nitrogen and oxygen atoms in total. The monoisotopic (exact) mass is 397 g/mol. The summed E-state index contributed by atoms with van der Waals surface area (Å²) in [5, 5.41) is 9.39. The summed E-state index contributed by atoms with van der Waals surface area (Å²) in [6.07, 6.45) is 9.10. The van der Waals surface area contributed by atoms with Crippen LogP contribution in [-0.4, -0.2) is 40.9 Å². The molecular weight excluding hydrogens is 377 g/mol. The number of fused-ring (bicyclic) bond motifs is 1. The molecule has 2 aliphatic heterocycles. The van der Waals surface area contributed by atoms with Crippen LogP contribution in [0.2, 0.25) is 0 Å². The molecule has 29 heavy (non-hydrogen) atoms. The average molecular weight is 397 g/mol. The summed E-state index contributed by atoms with van der Waals surface area (Å²) in [5.41, 5.74) is 5.51. The minimum atomic E-state index is -1.34. The van der Waals surface area contributed by atoms with E-state index in [2.05, 4.69) is 0 Å². The Morgan fingerprint density at radius 2 is 2.21 bits per heavy atom. The molecule has 0 bridgehead atoms. The summed E-state index contributed by atoms with van der Waals surface area (Å²) < 4.78 is 22.9. The van der Waals surface area contributed by atoms with E-state index in [0.29, 0.717) is 18.6 Å². The fourth-order valence-electron chi connectivity index (χ4n) is 4.60. The molecule has 3 heterocycles. The Bertz CT molecular complexity index is 1180. The molecule has 1 aromatic heterocycles. The highest BCUT2D eigenvalue weighted by Gasteiger charge is 2.43. The van der Waals surface area contributed by atoms with Crippen LogP contribution in [0.4, 0.5) is 10.1 Å². The van der Waals surface area contributed by atoms with E-state index in [1.165, 1.54) is 6.20 Å². The summed E-state index contributed by atoms with van der Waals surface area (Å²) in [4.78, 5) is 26.1. The first-order valence-corrected chi connectivity index (χ1v) is 9.47. The van der Waals surface area contributed by atoms with E-state index in [1.54, 1.807) is 4.57 Å². The highest BCUT2D eigenvalue weighted by molar-refractivity contribution is 5.97. The van der Waals surface area contributed by atoms with Crippen molar-refractivity contribution in [2.45, 2.75) is 18.5 Å². The number of nitrogens with zero attached hydrogens (tertiary/aromatic N) is 2. The predicted molar refractivity (Wildman–Crippen MR) is 106 cm³/mol. The van der Waals surface area contributed by atoms with Gasteiger partial charge in [-0.25, -0.2) is 9.18 Å². The maximum atomic E-state index is 15.3. The molecule has 0 spiro atoms. The van der Waals surface area contributed by atoms with Gasteiger partial charge in [-0.2, -0.15) is 0 Å². The number of ether oxygens (including phenoxy) is 1. The lowest BCUT2D eigenvalue weighted by molar-refractivity contribution is 0.0694. The molecule has 3 atom stereocenters. The number of pyridine rings is 1. The van der Waals surface area contributed by atoms with Crippen LogP contribution >= 0.6 is 0 Å². The lowest BCUT2D eigenvalue weighted by Gasteiger charge is -2.31. The van der Waals surface area contributed by atoms with Gasteiger partial charge in [0.05, 0.1) is 22.5 Å². The molecule has 3 N–H and O–H groups in total. The van der Waals surface area contributed by atoms with Crippen molar-refractivity contribution in [1.82, 2.24) is 4.57 Å². The summed E-state index contributed by atoms with van der Waals surface area (Å²) in [7, 11) is 0. The van der Waals surface area contributed by atoms with Crippen molar-refractivity contribution in [1.29, 1.82) is 0 Å². The summed E-state index contributed by atoms with van der Waals surface area (Å²) >= 11 is 0. The number of nitrogens with two attached hydrogens (primary N) is 1. The largest absolute Gasteiger partial charge is 0.487 e. The maximum Gasteiger partial charge on any atom is 0.341 e. The number of allylic oxidation sites excluding steroid dienone is 2. The number of anilines is 1. The molecular formula is C21H20FN3O4. The van der Waals surface area contributed by atoms with Crippen molar-refractivity contribution >= 4 is 22.6 Å². The van der Waals surface area contributed by atoms with Crippen LogP contribution in [0.5, 0.6) is 5.75 Å². The van der Waals surface area contributed by atoms with Crippen LogP contribution in [0.15, 0.2) is 41.4 Å². The quantitative estimate of drug-likeness (QED) is 0.805. The molecule has 2 aromatic rings. The maximum absolute atomic E-state index is 15.3. The molecule has 1 aliphatic carbocycles. The van der Waals surface area contributed by atoms with E-state index in [4.69, 9.17) is 10.5 Å². The number of halogens is 1. The van der Waals surface area contributed by atoms with Crippen LogP contribution in [0.1, 0.15) is 23.3 Å². The van der Waals surface area contributed by atoms with Crippen molar-refractivity contribution < 1.29 is 19.0 Å². The molecule has 1 fully saturated rings. The number of aromatic carboxylic acids is 1. The predicted octanol–water partition coefficient (Wildman–Crippen LogP) is 2.05. The van der Waals surface area contributed by atoms with Crippen LogP contribution in [0, 0.1) is 11.7 Å². The molecule has 1 saturated heterocycles. The molecule has 5 rings (SSSR count). The number of hydrogen-bond acceptors (Lipinski definition) is 5. The average Bonchev–Trinajstić information content (AvgIpc) is 3.02. The fraction of sp³-hybridized carbons (Fsp3) is 0.333. The van der Waals surface area contributed by atoms with E-state index in [9.17, 15) is 14.7 Å². The van der Waals surface area contributed by atoms with Gasteiger partial charge in [-0.1, -0.05) is 24.3 Å². The van der Waals surface area contributed by atoms with Gasteiger partial charge in [0.25, 0.3) is 0 Å². The van der Waals surface area contributed by atoms with Gasteiger partial charge in [0.1, 0.15) is 17.9 Å². The summed E-state index contributed by atoms with van der Waals surface area (Å²) in [6.45, 7) is 3.02. The molecule has 8 heteroatoms. The zero-order chi connectivity index (χ0) is 20.5. The third kappa shape index (κ3) is 2.45. The topological polar surface area (TPSA) is 97.8 Å². The third-order valence-corrected chi connectivity index (χ3v) is 6.12. The number of carbonyl (C=O) groups is 1. The Hall–Kier alpha value is -3.13. The van der Waals surface area contributed by atoms with Crippen LogP contribution in [-0.2, 0) is 0 Å². The zero-order valence-corrected chi connectivity index (χ0v) is 15.8. The second-order valence-electron chi connectivity index (χ2n) is 8.02. The number of aromatic nitrogens is 1. The molecule has 3 aliphatic rings. The van der Waals surface area contributed by atoms with E-state index in [-0.39, 0.29) is 41.0 Å². The van der Waals surface area contributed by atoms with Gasteiger partial charge in [-0.05, 0) is 13.0 Å². The Kier molecular flexibility index (Phi) is 3.67. The number of benzene rings is 1. The van der Waals surface area contributed by atoms with Gasteiger partial charge in [-0.3, -0.25) is 4.79 Å². The standard InChI is InChI=1S/C21H20FN3O4/c1-11-9-29-19-16-13(18(26)14(20(27)28)8-25(11)16)6-15(22)17(19)24-7-12-4-2-3-5-21(12,23)10-24/h2-6,8,11-12H,7,9-10,23H2,1H3,(H,27,28)/t11-,12?,21?/m0/s1. The molecule has 0 amide bonds. The van der Waals surface area contributed by atoms with Crippen LogP contribution < -0.4 is 20.8 Å². The molecule has 0 saturated carbocycles. The normalized spacial score (nSPS) is 27.2. The van der Waals surface area contributed by atoms with Crippen LogP contribution in [0.3, 0.4) is 0 Å². The Morgan fingerprint density at radius 1 is 1.41 bits per heavy atom. The van der Waals surface area contributed by atoms with Crippen LogP contribution in [0.25, 0.3) is 10.9 Å². The Morgan fingerprint density at radius 3 is 2.93 bits per heavy atom. The van der Waals surface area contributed by atoms with Crippen molar-refractivity contribution in [3.63, 3.8) is 0 Å². The summed E-state index contributed by atoms with van der Waals surface area (Å²) in [5.74, 6) is -1.66. The van der Waals surface area contributed by atoms with Crippen molar-refractivity contribution in [3.8, 4) is 5.75 Å². The first kappa shape index (κ1) is 17.9. The highest BCUT2D eigenvalue weighted by atomic mass is 19.1. The smallest absolute Gasteiger partial charge is 0.341 e.